The molecule has 0 saturated heterocycles. The van der Waals surface area contributed by atoms with Gasteiger partial charge in [-0.05, 0) is 23.6 Å². The Labute approximate surface area is 123 Å². The van der Waals surface area contributed by atoms with E-state index in [0.29, 0.717) is 5.69 Å². The fraction of sp³-hybridized carbons (Fsp3) is 0.0714. The Balaban J connectivity index is 1.63. The van der Waals surface area contributed by atoms with Crippen molar-refractivity contribution in [3.8, 4) is 10.6 Å². The number of thiophene rings is 1. The SMILES string of the molecule is O=C(OCc1csc(-c2ccsc2)n1)c1ccccn1. The van der Waals surface area contributed by atoms with E-state index >= 15 is 0 Å². The number of hydrogen-bond donors (Lipinski definition) is 0. The largest absolute Gasteiger partial charge is 0.454 e. The van der Waals surface area contributed by atoms with Gasteiger partial charge in [0.25, 0.3) is 0 Å². The van der Waals surface area contributed by atoms with E-state index in [1.54, 1.807) is 47.1 Å². The lowest BCUT2D eigenvalue weighted by Gasteiger charge is -2.01. The van der Waals surface area contributed by atoms with Crippen molar-refractivity contribution in [1.82, 2.24) is 9.97 Å². The molecule has 20 heavy (non-hydrogen) atoms. The van der Waals surface area contributed by atoms with Gasteiger partial charge in [-0.15, -0.1) is 11.3 Å². The van der Waals surface area contributed by atoms with Crippen molar-refractivity contribution in [2.75, 3.05) is 0 Å². The fourth-order valence-electron chi connectivity index (χ4n) is 1.59. The van der Waals surface area contributed by atoms with Crippen LogP contribution < -0.4 is 0 Å². The van der Waals surface area contributed by atoms with Gasteiger partial charge in [0.2, 0.25) is 0 Å². The zero-order valence-electron chi connectivity index (χ0n) is 10.4. The van der Waals surface area contributed by atoms with Crippen molar-refractivity contribution in [1.29, 1.82) is 0 Å². The number of thiazole rings is 1. The van der Waals surface area contributed by atoms with E-state index < -0.39 is 5.97 Å². The quantitative estimate of drug-likeness (QED) is 0.691. The average Bonchev–Trinajstić information content (AvgIpc) is 3.16. The highest BCUT2D eigenvalue weighted by molar-refractivity contribution is 7.14. The molecule has 0 N–H and O–H groups in total. The van der Waals surface area contributed by atoms with Crippen LogP contribution in [-0.2, 0) is 11.3 Å². The number of hydrogen-bond acceptors (Lipinski definition) is 6. The zero-order chi connectivity index (χ0) is 13.8. The van der Waals surface area contributed by atoms with E-state index in [4.69, 9.17) is 4.74 Å². The van der Waals surface area contributed by atoms with Gasteiger partial charge in [-0.25, -0.2) is 14.8 Å². The van der Waals surface area contributed by atoms with Crippen molar-refractivity contribution in [3.05, 3.63) is 58.0 Å². The summed E-state index contributed by atoms with van der Waals surface area (Å²) in [6.07, 6.45) is 1.56. The second-order valence-corrected chi connectivity index (χ2v) is 5.59. The first-order valence-electron chi connectivity index (χ1n) is 5.88. The van der Waals surface area contributed by atoms with Crippen LogP contribution in [0.1, 0.15) is 16.2 Å². The van der Waals surface area contributed by atoms with E-state index in [-0.39, 0.29) is 6.61 Å². The van der Waals surface area contributed by atoms with Crippen molar-refractivity contribution >= 4 is 28.6 Å². The van der Waals surface area contributed by atoms with Gasteiger partial charge in [0, 0.05) is 22.5 Å². The molecule has 0 aromatic carbocycles. The summed E-state index contributed by atoms with van der Waals surface area (Å²) in [5.74, 6) is -0.435. The number of ether oxygens (including phenoxy) is 1. The number of nitrogens with zero attached hydrogens (tertiary/aromatic N) is 2. The molecule has 0 amide bonds. The van der Waals surface area contributed by atoms with Gasteiger partial charge in [0.05, 0.1) is 5.69 Å². The van der Waals surface area contributed by atoms with E-state index in [9.17, 15) is 4.79 Å². The molecule has 3 aromatic heterocycles. The number of rotatable bonds is 4. The summed E-state index contributed by atoms with van der Waals surface area (Å²) in [7, 11) is 0. The Hall–Kier alpha value is -2.05. The van der Waals surface area contributed by atoms with Gasteiger partial charge in [-0.3, -0.25) is 0 Å². The van der Waals surface area contributed by atoms with Crippen LogP contribution >= 0.6 is 22.7 Å². The van der Waals surface area contributed by atoms with Crippen LogP contribution in [0, 0.1) is 0 Å². The first kappa shape index (κ1) is 13.0. The van der Waals surface area contributed by atoms with Gasteiger partial charge in [-0.2, -0.15) is 11.3 Å². The molecule has 0 aliphatic carbocycles. The molecule has 0 atom stereocenters. The lowest BCUT2D eigenvalue weighted by molar-refractivity contribution is 0.0461. The van der Waals surface area contributed by atoms with Gasteiger partial charge >= 0.3 is 5.97 Å². The molecule has 0 unspecified atom stereocenters. The van der Waals surface area contributed by atoms with Crippen LogP contribution in [0.4, 0.5) is 0 Å². The molecule has 6 heteroatoms. The van der Waals surface area contributed by atoms with Gasteiger partial charge in [-0.1, -0.05) is 6.07 Å². The molecule has 3 aromatic rings. The highest BCUT2D eigenvalue weighted by Crippen LogP contribution is 2.25. The van der Waals surface area contributed by atoms with E-state index in [0.717, 1.165) is 16.3 Å². The second kappa shape index (κ2) is 5.94. The molecule has 3 rings (SSSR count). The zero-order valence-corrected chi connectivity index (χ0v) is 12.0. The second-order valence-electron chi connectivity index (χ2n) is 3.95. The minimum Gasteiger partial charge on any atom is -0.454 e. The molecule has 0 spiro atoms. The number of carbonyl (C=O) groups excluding carboxylic acids is 1. The Morgan fingerprint density at radius 3 is 2.95 bits per heavy atom. The normalized spacial score (nSPS) is 10.4. The van der Waals surface area contributed by atoms with Crippen molar-refractivity contribution in [2.24, 2.45) is 0 Å². The van der Waals surface area contributed by atoms with Gasteiger partial charge in [0.15, 0.2) is 0 Å². The maximum absolute atomic E-state index is 11.7. The number of esters is 1. The molecule has 0 bridgehead atoms. The van der Waals surface area contributed by atoms with Crippen LogP contribution in [0.25, 0.3) is 10.6 Å². The highest BCUT2D eigenvalue weighted by Gasteiger charge is 2.10. The van der Waals surface area contributed by atoms with Crippen LogP contribution in [0.3, 0.4) is 0 Å². The van der Waals surface area contributed by atoms with Crippen molar-refractivity contribution < 1.29 is 9.53 Å². The molecule has 3 heterocycles. The predicted molar refractivity (Wildman–Crippen MR) is 78.8 cm³/mol. The molecule has 0 saturated carbocycles. The summed E-state index contributed by atoms with van der Waals surface area (Å²) in [5.41, 5.74) is 2.16. The molecule has 0 fully saturated rings. The smallest absolute Gasteiger partial charge is 0.357 e. The fourth-order valence-corrected chi connectivity index (χ4v) is 3.11. The Bertz CT molecular complexity index is 693. The third-order valence-corrected chi connectivity index (χ3v) is 4.17. The minimum atomic E-state index is -0.435. The first-order valence-corrected chi connectivity index (χ1v) is 7.70. The summed E-state index contributed by atoms with van der Waals surface area (Å²) in [4.78, 5) is 20.1. The highest BCUT2D eigenvalue weighted by atomic mass is 32.1. The predicted octanol–water partition coefficient (Wildman–Crippen LogP) is 3.62. The molecule has 0 aliphatic rings. The molecule has 0 radical (unpaired) electrons. The Morgan fingerprint density at radius 1 is 1.25 bits per heavy atom. The summed E-state index contributed by atoms with van der Waals surface area (Å²) in [5, 5.41) is 6.90. The van der Waals surface area contributed by atoms with Crippen LogP contribution in [0.15, 0.2) is 46.6 Å². The summed E-state index contributed by atoms with van der Waals surface area (Å²) in [6.45, 7) is 0.163. The van der Waals surface area contributed by atoms with E-state index in [2.05, 4.69) is 9.97 Å². The number of carbonyl (C=O) groups is 1. The van der Waals surface area contributed by atoms with Gasteiger partial charge in [0.1, 0.15) is 17.3 Å². The number of pyridine rings is 1. The summed E-state index contributed by atoms with van der Waals surface area (Å²) < 4.78 is 5.19. The molecule has 4 nitrogen and oxygen atoms in total. The maximum Gasteiger partial charge on any atom is 0.357 e. The van der Waals surface area contributed by atoms with E-state index in [1.165, 1.54) is 0 Å². The van der Waals surface area contributed by atoms with E-state index in [1.807, 2.05) is 22.2 Å². The average molecular weight is 302 g/mol. The summed E-state index contributed by atoms with van der Waals surface area (Å²) >= 11 is 3.18. The molecular weight excluding hydrogens is 292 g/mol. The third-order valence-electron chi connectivity index (χ3n) is 2.55. The van der Waals surface area contributed by atoms with Crippen LogP contribution in [0.5, 0.6) is 0 Å². The Kier molecular flexibility index (Phi) is 3.85. The van der Waals surface area contributed by atoms with Crippen molar-refractivity contribution in [2.45, 2.75) is 6.61 Å². The van der Waals surface area contributed by atoms with Crippen LogP contribution in [-0.4, -0.2) is 15.9 Å². The molecule has 0 aliphatic heterocycles. The first-order chi connectivity index (χ1) is 9.83. The third kappa shape index (κ3) is 2.92. The Morgan fingerprint density at radius 2 is 2.20 bits per heavy atom. The maximum atomic E-state index is 11.7. The molecule has 100 valence electrons. The van der Waals surface area contributed by atoms with Crippen molar-refractivity contribution in [3.63, 3.8) is 0 Å². The summed E-state index contributed by atoms with van der Waals surface area (Å²) in [6, 6.07) is 7.15. The standard InChI is InChI=1S/C14H10N2O2S2/c17-14(12-3-1-2-5-15-12)18-7-11-9-20-13(16-11)10-4-6-19-8-10/h1-6,8-9H,7H2. The van der Waals surface area contributed by atoms with Crippen LogP contribution in [0.2, 0.25) is 0 Å². The topological polar surface area (TPSA) is 52.1 Å². The number of aromatic nitrogens is 2. The molecular formula is C14H10N2O2S2. The monoisotopic (exact) mass is 302 g/mol. The lowest BCUT2D eigenvalue weighted by Crippen LogP contribution is -2.07. The van der Waals surface area contributed by atoms with Gasteiger partial charge < -0.3 is 4.74 Å². The lowest BCUT2D eigenvalue weighted by atomic mass is 10.3. The minimum absolute atomic E-state index is 0.163.